The van der Waals surface area contributed by atoms with Crippen LogP contribution in [0.15, 0.2) is 24.3 Å². The van der Waals surface area contributed by atoms with Crippen LogP contribution in [0, 0.1) is 0 Å². The maximum Gasteiger partial charge on any atom is 0.309 e. The molecular weight excluding hydrogens is 264 g/mol. The minimum absolute atomic E-state index is 0.164. The third kappa shape index (κ3) is 3.44. The zero-order chi connectivity index (χ0) is 14.7. The molecule has 0 aliphatic carbocycles. The Morgan fingerprint density at radius 3 is 2.86 bits per heavy atom. The van der Waals surface area contributed by atoms with Crippen molar-refractivity contribution in [3.63, 3.8) is 0 Å². The number of piperazine rings is 1. The second-order valence-electron chi connectivity index (χ2n) is 6.09. The first-order valence-corrected chi connectivity index (χ1v) is 7.86. The van der Waals surface area contributed by atoms with Gasteiger partial charge in [0.05, 0.1) is 13.5 Å². The SMILES string of the molecule is COC(=O)Cc1ccccc1CN1CCN2CCCC2C1. The van der Waals surface area contributed by atoms with Crippen molar-refractivity contribution in [3.05, 3.63) is 35.4 Å². The zero-order valence-electron chi connectivity index (χ0n) is 12.8. The molecule has 0 aromatic heterocycles. The van der Waals surface area contributed by atoms with Crippen molar-refractivity contribution in [3.8, 4) is 0 Å². The summed E-state index contributed by atoms with van der Waals surface area (Å²) in [5.74, 6) is -0.164. The number of fused-ring (bicyclic) bond motifs is 1. The lowest BCUT2D eigenvalue weighted by molar-refractivity contribution is -0.139. The molecule has 3 rings (SSSR count). The van der Waals surface area contributed by atoms with Gasteiger partial charge in [-0.2, -0.15) is 0 Å². The molecule has 114 valence electrons. The summed E-state index contributed by atoms with van der Waals surface area (Å²) in [5.41, 5.74) is 2.35. The lowest BCUT2D eigenvalue weighted by Crippen LogP contribution is -2.49. The second-order valence-corrected chi connectivity index (χ2v) is 6.09. The fourth-order valence-corrected chi connectivity index (χ4v) is 3.55. The largest absolute Gasteiger partial charge is 0.469 e. The van der Waals surface area contributed by atoms with E-state index in [0.29, 0.717) is 6.42 Å². The first-order valence-electron chi connectivity index (χ1n) is 7.86. The minimum Gasteiger partial charge on any atom is -0.469 e. The van der Waals surface area contributed by atoms with Crippen LogP contribution in [-0.4, -0.2) is 55.1 Å². The molecular formula is C17H24N2O2. The van der Waals surface area contributed by atoms with Crippen LogP contribution in [0.25, 0.3) is 0 Å². The molecule has 1 aromatic carbocycles. The summed E-state index contributed by atoms with van der Waals surface area (Å²) in [7, 11) is 1.45. The number of benzene rings is 1. The van der Waals surface area contributed by atoms with Crippen LogP contribution in [0.4, 0.5) is 0 Å². The maximum absolute atomic E-state index is 11.5. The van der Waals surface area contributed by atoms with E-state index < -0.39 is 0 Å². The summed E-state index contributed by atoms with van der Waals surface area (Å²) < 4.78 is 4.80. The Morgan fingerprint density at radius 2 is 2.05 bits per heavy atom. The van der Waals surface area contributed by atoms with Gasteiger partial charge in [-0.05, 0) is 30.5 Å². The Balaban J connectivity index is 1.65. The van der Waals surface area contributed by atoms with Gasteiger partial charge in [-0.1, -0.05) is 24.3 Å². The average Bonchev–Trinajstić information content (AvgIpc) is 2.96. The highest BCUT2D eigenvalue weighted by atomic mass is 16.5. The van der Waals surface area contributed by atoms with Gasteiger partial charge in [0.25, 0.3) is 0 Å². The van der Waals surface area contributed by atoms with Crippen LogP contribution in [-0.2, 0) is 22.5 Å². The number of carbonyl (C=O) groups is 1. The summed E-state index contributed by atoms with van der Waals surface area (Å²) in [5, 5.41) is 0. The van der Waals surface area contributed by atoms with Gasteiger partial charge in [-0.15, -0.1) is 0 Å². The van der Waals surface area contributed by atoms with Gasteiger partial charge < -0.3 is 4.74 Å². The Bertz CT molecular complexity index is 503. The van der Waals surface area contributed by atoms with Crippen LogP contribution < -0.4 is 0 Å². The summed E-state index contributed by atoms with van der Waals surface area (Å²) in [6.45, 7) is 5.69. The number of esters is 1. The van der Waals surface area contributed by atoms with Crippen molar-refractivity contribution < 1.29 is 9.53 Å². The van der Waals surface area contributed by atoms with Crippen molar-refractivity contribution in [2.45, 2.75) is 31.8 Å². The summed E-state index contributed by atoms with van der Waals surface area (Å²) in [6.07, 6.45) is 3.05. The van der Waals surface area contributed by atoms with Crippen molar-refractivity contribution in [1.82, 2.24) is 9.80 Å². The maximum atomic E-state index is 11.5. The molecule has 2 heterocycles. The third-order valence-corrected chi connectivity index (χ3v) is 4.75. The van der Waals surface area contributed by atoms with E-state index >= 15 is 0 Å². The Morgan fingerprint density at radius 1 is 1.24 bits per heavy atom. The molecule has 0 saturated carbocycles. The number of methoxy groups -OCH3 is 1. The van der Waals surface area contributed by atoms with Gasteiger partial charge in [-0.3, -0.25) is 14.6 Å². The van der Waals surface area contributed by atoms with Crippen molar-refractivity contribution in [2.75, 3.05) is 33.3 Å². The van der Waals surface area contributed by atoms with E-state index in [0.717, 1.165) is 31.2 Å². The van der Waals surface area contributed by atoms with Crippen LogP contribution in [0.3, 0.4) is 0 Å². The number of ether oxygens (including phenoxy) is 1. The summed E-state index contributed by atoms with van der Waals surface area (Å²) in [6, 6.07) is 8.97. The van der Waals surface area contributed by atoms with Gasteiger partial charge in [0.2, 0.25) is 0 Å². The third-order valence-electron chi connectivity index (χ3n) is 4.75. The van der Waals surface area contributed by atoms with E-state index in [1.165, 1.54) is 38.6 Å². The molecule has 2 aliphatic rings. The molecule has 4 heteroatoms. The molecule has 2 aliphatic heterocycles. The fourth-order valence-electron chi connectivity index (χ4n) is 3.55. The fraction of sp³-hybridized carbons (Fsp3) is 0.588. The van der Waals surface area contributed by atoms with Gasteiger partial charge in [0.15, 0.2) is 0 Å². The van der Waals surface area contributed by atoms with E-state index in [1.54, 1.807) is 0 Å². The van der Waals surface area contributed by atoms with E-state index in [9.17, 15) is 4.79 Å². The molecule has 2 saturated heterocycles. The van der Waals surface area contributed by atoms with Crippen molar-refractivity contribution >= 4 is 5.97 Å². The number of hydrogen-bond donors (Lipinski definition) is 0. The Kier molecular flexibility index (Phi) is 4.56. The average molecular weight is 288 g/mol. The topological polar surface area (TPSA) is 32.8 Å². The van der Waals surface area contributed by atoms with Crippen LogP contribution in [0.5, 0.6) is 0 Å². The Hall–Kier alpha value is -1.39. The molecule has 0 amide bonds. The monoisotopic (exact) mass is 288 g/mol. The molecule has 21 heavy (non-hydrogen) atoms. The summed E-state index contributed by atoms with van der Waals surface area (Å²) in [4.78, 5) is 16.7. The Labute approximate surface area is 126 Å². The molecule has 0 N–H and O–H groups in total. The minimum atomic E-state index is -0.164. The standard InChI is InChI=1S/C17H24N2O2/c1-21-17(20)11-14-5-2-3-6-15(14)12-18-9-10-19-8-4-7-16(19)13-18/h2-3,5-6,16H,4,7-13H2,1H3. The highest BCUT2D eigenvalue weighted by molar-refractivity contribution is 5.72. The normalized spacial score (nSPS) is 23.0. The summed E-state index contributed by atoms with van der Waals surface area (Å²) >= 11 is 0. The van der Waals surface area contributed by atoms with Crippen molar-refractivity contribution in [2.24, 2.45) is 0 Å². The van der Waals surface area contributed by atoms with Crippen molar-refractivity contribution in [1.29, 1.82) is 0 Å². The predicted molar refractivity (Wildman–Crippen MR) is 82.0 cm³/mol. The van der Waals surface area contributed by atoms with Crippen LogP contribution >= 0.6 is 0 Å². The van der Waals surface area contributed by atoms with Gasteiger partial charge in [0.1, 0.15) is 0 Å². The lowest BCUT2D eigenvalue weighted by Gasteiger charge is -2.37. The van der Waals surface area contributed by atoms with E-state index in [4.69, 9.17) is 4.74 Å². The van der Waals surface area contributed by atoms with E-state index in [2.05, 4.69) is 21.9 Å². The number of nitrogens with zero attached hydrogens (tertiary/aromatic N) is 2. The predicted octanol–water partition coefficient (Wildman–Crippen LogP) is 1.68. The molecule has 1 unspecified atom stereocenters. The highest BCUT2D eigenvalue weighted by Gasteiger charge is 2.30. The molecule has 0 radical (unpaired) electrons. The smallest absolute Gasteiger partial charge is 0.309 e. The first kappa shape index (κ1) is 14.5. The molecule has 0 spiro atoms. The number of rotatable bonds is 4. The van der Waals surface area contributed by atoms with Crippen LogP contribution in [0.1, 0.15) is 24.0 Å². The second kappa shape index (κ2) is 6.58. The van der Waals surface area contributed by atoms with Gasteiger partial charge >= 0.3 is 5.97 Å². The quantitative estimate of drug-likeness (QED) is 0.789. The molecule has 1 atom stereocenters. The lowest BCUT2D eigenvalue weighted by atomic mass is 10.0. The van der Waals surface area contributed by atoms with E-state index in [-0.39, 0.29) is 5.97 Å². The zero-order valence-corrected chi connectivity index (χ0v) is 12.8. The van der Waals surface area contributed by atoms with Gasteiger partial charge in [0, 0.05) is 32.2 Å². The number of hydrogen-bond acceptors (Lipinski definition) is 4. The van der Waals surface area contributed by atoms with Crippen LogP contribution in [0.2, 0.25) is 0 Å². The van der Waals surface area contributed by atoms with E-state index in [1.807, 2.05) is 12.1 Å². The highest BCUT2D eigenvalue weighted by Crippen LogP contribution is 2.23. The molecule has 2 fully saturated rings. The molecule has 1 aromatic rings. The first-order chi connectivity index (χ1) is 10.3. The molecule has 0 bridgehead atoms. The molecule has 4 nitrogen and oxygen atoms in total. The van der Waals surface area contributed by atoms with Gasteiger partial charge in [-0.25, -0.2) is 0 Å². The number of carbonyl (C=O) groups excluding carboxylic acids is 1.